The van der Waals surface area contributed by atoms with Gasteiger partial charge in [0.25, 0.3) is 0 Å². The van der Waals surface area contributed by atoms with Gasteiger partial charge in [0.2, 0.25) is 0 Å². The first kappa shape index (κ1) is 20.2. The fourth-order valence-corrected chi connectivity index (χ4v) is 2.84. The van der Waals surface area contributed by atoms with Gasteiger partial charge in [-0.1, -0.05) is 24.3 Å². The summed E-state index contributed by atoms with van der Waals surface area (Å²) < 4.78 is 12.6. The molecule has 152 valence electrons. The van der Waals surface area contributed by atoms with Crippen LogP contribution >= 0.6 is 0 Å². The van der Waals surface area contributed by atoms with Crippen molar-refractivity contribution in [1.82, 2.24) is 25.4 Å². The normalized spacial score (nSPS) is 11.2. The molecule has 0 saturated heterocycles. The summed E-state index contributed by atoms with van der Waals surface area (Å²) in [7, 11) is 3.25. The number of guanidine groups is 1. The van der Waals surface area contributed by atoms with E-state index in [4.69, 9.17) is 9.47 Å². The second kappa shape index (κ2) is 10.1. The molecular weight excluding hydrogens is 368 g/mol. The van der Waals surface area contributed by atoms with Gasteiger partial charge in [-0.25, -0.2) is 4.99 Å². The summed E-state index contributed by atoms with van der Waals surface area (Å²) in [5.74, 6) is 2.89. The Morgan fingerprint density at radius 1 is 1.03 bits per heavy atom. The number of ether oxygens (including phenoxy) is 2. The summed E-state index contributed by atoms with van der Waals surface area (Å²) in [6.45, 7) is 3.77. The quantitative estimate of drug-likeness (QED) is 0.451. The van der Waals surface area contributed by atoms with Crippen molar-refractivity contribution in [2.45, 2.75) is 20.0 Å². The van der Waals surface area contributed by atoms with E-state index in [0.717, 1.165) is 23.6 Å². The lowest BCUT2D eigenvalue weighted by Crippen LogP contribution is -2.37. The summed E-state index contributed by atoms with van der Waals surface area (Å²) in [6.07, 6.45) is 1.71. The van der Waals surface area contributed by atoms with Crippen molar-refractivity contribution < 1.29 is 9.47 Å². The molecule has 0 aliphatic rings. The molecule has 2 aromatic carbocycles. The van der Waals surface area contributed by atoms with E-state index in [1.807, 2.05) is 60.0 Å². The van der Waals surface area contributed by atoms with Gasteiger partial charge in [-0.05, 0) is 36.8 Å². The number of nitrogens with zero attached hydrogens (tertiary/aromatic N) is 4. The maximum absolute atomic E-state index is 5.36. The van der Waals surface area contributed by atoms with E-state index in [1.54, 1.807) is 20.5 Å². The van der Waals surface area contributed by atoms with Crippen molar-refractivity contribution in [1.29, 1.82) is 0 Å². The van der Waals surface area contributed by atoms with Crippen molar-refractivity contribution in [2.75, 3.05) is 20.8 Å². The number of nitrogens with one attached hydrogen (secondary N) is 2. The van der Waals surface area contributed by atoms with Crippen LogP contribution < -0.4 is 20.1 Å². The molecule has 3 aromatic rings. The predicted molar refractivity (Wildman–Crippen MR) is 113 cm³/mol. The lowest BCUT2D eigenvalue weighted by Gasteiger charge is -2.12. The van der Waals surface area contributed by atoms with Gasteiger partial charge in [-0.3, -0.25) is 4.57 Å². The molecule has 8 heteroatoms. The number of hydrogen-bond acceptors (Lipinski definition) is 5. The van der Waals surface area contributed by atoms with E-state index < -0.39 is 0 Å². The third-order valence-corrected chi connectivity index (χ3v) is 4.28. The van der Waals surface area contributed by atoms with Crippen molar-refractivity contribution in [3.8, 4) is 17.2 Å². The molecule has 0 aliphatic carbocycles. The third kappa shape index (κ3) is 5.25. The zero-order valence-corrected chi connectivity index (χ0v) is 16.9. The van der Waals surface area contributed by atoms with E-state index in [-0.39, 0.29) is 0 Å². The van der Waals surface area contributed by atoms with Gasteiger partial charge in [0.1, 0.15) is 6.33 Å². The second-order valence-electron chi connectivity index (χ2n) is 6.19. The highest BCUT2D eigenvalue weighted by atomic mass is 16.5. The highest BCUT2D eigenvalue weighted by Gasteiger charge is 2.08. The number of benzene rings is 2. The molecule has 29 heavy (non-hydrogen) atoms. The zero-order valence-electron chi connectivity index (χ0n) is 16.9. The van der Waals surface area contributed by atoms with Crippen LogP contribution in [0.5, 0.6) is 11.5 Å². The van der Waals surface area contributed by atoms with Crippen LogP contribution in [0, 0.1) is 0 Å². The zero-order chi connectivity index (χ0) is 20.5. The Kier molecular flexibility index (Phi) is 7.05. The maximum Gasteiger partial charge on any atom is 0.191 e. The Bertz CT molecular complexity index is 939. The molecule has 0 unspecified atom stereocenters. The monoisotopic (exact) mass is 394 g/mol. The topological polar surface area (TPSA) is 85.6 Å². The Balaban J connectivity index is 1.69. The van der Waals surface area contributed by atoms with Crippen LogP contribution in [0.3, 0.4) is 0 Å². The minimum absolute atomic E-state index is 0.493. The molecule has 0 fully saturated rings. The Hall–Kier alpha value is -3.55. The number of methoxy groups -OCH3 is 2. The van der Waals surface area contributed by atoms with Crippen LogP contribution in [0.1, 0.15) is 18.3 Å². The first-order valence-corrected chi connectivity index (χ1v) is 9.42. The molecule has 1 aromatic heterocycles. The minimum atomic E-state index is 0.493. The lowest BCUT2D eigenvalue weighted by atomic mass is 10.2. The first-order chi connectivity index (χ1) is 14.2. The highest BCUT2D eigenvalue weighted by Crippen LogP contribution is 2.27. The van der Waals surface area contributed by atoms with E-state index in [2.05, 4.69) is 25.8 Å². The average molecular weight is 394 g/mol. The van der Waals surface area contributed by atoms with Crippen LogP contribution in [0.15, 0.2) is 59.9 Å². The molecule has 0 spiro atoms. The first-order valence-electron chi connectivity index (χ1n) is 9.42. The molecule has 0 radical (unpaired) electrons. The van der Waals surface area contributed by atoms with E-state index in [9.17, 15) is 0 Å². The van der Waals surface area contributed by atoms with Gasteiger partial charge < -0.3 is 20.1 Å². The number of para-hydroxylation sites is 1. The summed E-state index contributed by atoms with van der Waals surface area (Å²) in [4.78, 5) is 4.66. The summed E-state index contributed by atoms with van der Waals surface area (Å²) >= 11 is 0. The summed E-state index contributed by atoms with van der Waals surface area (Å²) in [5.41, 5.74) is 2.04. The van der Waals surface area contributed by atoms with E-state index >= 15 is 0 Å². The third-order valence-electron chi connectivity index (χ3n) is 4.28. The molecule has 2 N–H and O–H groups in total. The second-order valence-corrected chi connectivity index (χ2v) is 6.19. The van der Waals surface area contributed by atoms with Gasteiger partial charge in [0.15, 0.2) is 23.3 Å². The van der Waals surface area contributed by atoms with Gasteiger partial charge in [-0.2, -0.15) is 0 Å². The Morgan fingerprint density at radius 3 is 2.55 bits per heavy atom. The average Bonchev–Trinajstić information content (AvgIpc) is 3.24. The van der Waals surface area contributed by atoms with Crippen LogP contribution in [0.4, 0.5) is 0 Å². The SMILES string of the molecule is CCNC(=NCc1ccc(OC)c(OC)c1)NCc1nncn1-c1ccccc1. The molecule has 0 amide bonds. The van der Waals surface area contributed by atoms with Crippen LogP contribution in [0.25, 0.3) is 5.69 Å². The number of aliphatic imine (C=N–C) groups is 1. The summed E-state index contributed by atoms with van der Waals surface area (Å²) in [6, 6.07) is 15.8. The highest BCUT2D eigenvalue weighted by molar-refractivity contribution is 5.79. The Labute approximate surface area is 170 Å². The van der Waals surface area contributed by atoms with Crippen molar-refractivity contribution in [3.63, 3.8) is 0 Å². The number of aromatic nitrogens is 3. The van der Waals surface area contributed by atoms with Gasteiger partial charge in [-0.15, -0.1) is 10.2 Å². The van der Waals surface area contributed by atoms with Crippen molar-refractivity contribution in [2.24, 2.45) is 4.99 Å². The van der Waals surface area contributed by atoms with Gasteiger partial charge >= 0.3 is 0 Å². The number of hydrogen-bond donors (Lipinski definition) is 2. The standard InChI is InChI=1S/C21H26N6O2/c1-4-22-21(23-13-16-10-11-18(28-2)19(12-16)29-3)24-14-20-26-25-15-27(20)17-8-6-5-7-9-17/h5-12,15H,4,13-14H2,1-3H3,(H2,22,23,24). The predicted octanol–water partition coefficient (Wildman–Crippen LogP) is 2.54. The maximum atomic E-state index is 5.36. The van der Waals surface area contributed by atoms with Gasteiger partial charge in [0, 0.05) is 12.2 Å². The molecule has 0 atom stereocenters. The smallest absolute Gasteiger partial charge is 0.191 e. The van der Waals surface area contributed by atoms with Crippen LogP contribution in [-0.2, 0) is 13.1 Å². The molecule has 1 heterocycles. The minimum Gasteiger partial charge on any atom is -0.493 e. The van der Waals surface area contributed by atoms with Crippen LogP contribution in [-0.4, -0.2) is 41.5 Å². The van der Waals surface area contributed by atoms with Crippen molar-refractivity contribution in [3.05, 3.63) is 66.2 Å². The number of rotatable bonds is 8. The van der Waals surface area contributed by atoms with Gasteiger partial charge in [0.05, 0.1) is 27.3 Å². The molecule has 8 nitrogen and oxygen atoms in total. The molecule has 3 rings (SSSR count). The largest absolute Gasteiger partial charge is 0.493 e. The van der Waals surface area contributed by atoms with E-state index in [1.165, 1.54) is 0 Å². The molecule has 0 saturated carbocycles. The molecule has 0 bridgehead atoms. The fourth-order valence-electron chi connectivity index (χ4n) is 2.84. The lowest BCUT2D eigenvalue weighted by molar-refractivity contribution is 0.354. The van der Waals surface area contributed by atoms with Crippen LogP contribution in [0.2, 0.25) is 0 Å². The molecular formula is C21H26N6O2. The van der Waals surface area contributed by atoms with Crippen molar-refractivity contribution >= 4 is 5.96 Å². The fraction of sp³-hybridized carbons (Fsp3) is 0.286. The Morgan fingerprint density at radius 2 is 1.83 bits per heavy atom. The van der Waals surface area contributed by atoms with E-state index in [0.29, 0.717) is 30.5 Å². The molecule has 0 aliphatic heterocycles. The summed E-state index contributed by atoms with van der Waals surface area (Å²) in [5, 5.41) is 14.8.